The lowest BCUT2D eigenvalue weighted by Crippen LogP contribution is -2.61. The molecule has 0 aromatic rings. The molecule has 16 nitrogen and oxygen atoms in total. The minimum Gasteiger partial charge on any atom is -0.504 e. The van der Waals surface area contributed by atoms with Gasteiger partial charge < -0.3 is 56.5 Å². The Labute approximate surface area is 358 Å². The first kappa shape index (κ1) is 44.7. The molecule has 61 heavy (non-hydrogen) atoms. The summed E-state index contributed by atoms with van der Waals surface area (Å²) in [5.74, 6) is -7.22. The standard InChI is InChI=1S/C44H64BO16/c1-23-17-19-35-41(7,8)33(52-27(5)46)15-11-13-30-22-32(26(4)51-30)55-40(49)38-44-24(2)18-20-36(57-44)42(9,10)34(53-28(6)47)16-12-14-29-21-31(25(3)50-29)54-39(48)37-43(23,56-35)60-45(58-37,59-38)61-44/h11-14,23-26,29-38H,15-22H2,1-10H3/q-1/b13-11-,14-12-/t23-,24-,25-,26-,29-,30-,31+,32+,33+,34+,35+,36+,37-,38-,43+,44+,45?/m1/s1. The molecular formula is C44H64BO16-. The van der Waals surface area contributed by atoms with Crippen molar-refractivity contribution >= 4 is 30.8 Å². The van der Waals surface area contributed by atoms with E-state index in [0.29, 0.717) is 51.4 Å². The van der Waals surface area contributed by atoms with Gasteiger partial charge in [-0.3, -0.25) is 9.59 Å². The van der Waals surface area contributed by atoms with Crippen molar-refractivity contribution in [1.29, 1.82) is 0 Å². The van der Waals surface area contributed by atoms with Crippen molar-refractivity contribution in [3.63, 3.8) is 0 Å². The van der Waals surface area contributed by atoms with Gasteiger partial charge in [-0.1, -0.05) is 65.8 Å². The fourth-order valence-electron chi connectivity index (χ4n) is 10.8. The molecule has 3 spiro atoms. The minimum absolute atomic E-state index is 0.335. The van der Waals surface area contributed by atoms with E-state index in [4.69, 9.17) is 56.5 Å². The number of ether oxygens (including phenoxy) is 8. The highest BCUT2D eigenvalue weighted by atomic mass is 17.0. The van der Waals surface area contributed by atoms with Gasteiger partial charge in [0.15, 0.2) is 23.8 Å². The van der Waals surface area contributed by atoms with Crippen LogP contribution in [0.2, 0.25) is 0 Å². The Hall–Kier alpha value is -2.90. The van der Waals surface area contributed by atoms with Crippen LogP contribution < -0.4 is 0 Å². The molecule has 16 atom stereocenters. The second-order valence-electron chi connectivity index (χ2n) is 19.8. The van der Waals surface area contributed by atoms with Gasteiger partial charge >= 0.3 is 30.8 Å². The number of esters is 4. The summed E-state index contributed by atoms with van der Waals surface area (Å²) < 4.78 is 78.6. The molecule has 8 aliphatic heterocycles. The van der Waals surface area contributed by atoms with Gasteiger partial charge in [0.05, 0.1) is 36.6 Å². The monoisotopic (exact) mass is 859 g/mol. The Morgan fingerprint density at radius 2 is 1.03 bits per heavy atom. The summed E-state index contributed by atoms with van der Waals surface area (Å²) in [7, 11) is 0. The van der Waals surface area contributed by atoms with Crippen molar-refractivity contribution < 1.29 is 75.7 Å². The maximum Gasteiger partial charge on any atom is 0.536 e. The van der Waals surface area contributed by atoms with E-state index < -0.39 is 138 Å². The zero-order valence-corrected chi connectivity index (χ0v) is 37.2. The summed E-state index contributed by atoms with van der Waals surface area (Å²) in [6, 6.07) is 0. The average Bonchev–Trinajstić information content (AvgIpc) is 3.90. The number of fused-ring (bicyclic) bond motifs is 8. The molecule has 6 saturated heterocycles. The van der Waals surface area contributed by atoms with Gasteiger partial charge in [-0.2, -0.15) is 0 Å². The van der Waals surface area contributed by atoms with E-state index in [9.17, 15) is 19.2 Å². The molecular weight excluding hydrogens is 795 g/mol. The van der Waals surface area contributed by atoms with Crippen LogP contribution in [0.4, 0.5) is 0 Å². The Balaban J connectivity index is 1.28. The van der Waals surface area contributed by atoms with Crippen molar-refractivity contribution in [1.82, 2.24) is 0 Å². The number of hydrogen-bond acceptors (Lipinski definition) is 16. The van der Waals surface area contributed by atoms with Gasteiger partial charge in [0.1, 0.15) is 24.4 Å². The van der Waals surface area contributed by atoms with Crippen LogP contribution in [0.3, 0.4) is 0 Å². The largest absolute Gasteiger partial charge is 0.536 e. The summed E-state index contributed by atoms with van der Waals surface area (Å²) >= 11 is 0. The Bertz CT molecular complexity index is 1660. The summed E-state index contributed by atoms with van der Waals surface area (Å²) in [4.78, 5) is 54.9. The van der Waals surface area contributed by atoms with Crippen LogP contribution in [0.1, 0.15) is 121 Å². The van der Waals surface area contributed by atoms with Crippen LogP contribution in [0.25, 0.3) is 0 Å². The van der Waals surface area contributed by atoms with E-state index in [1.807, 2.05) is 79.7 Å². The predicted molar refractivity (Wildman–Crippen MR) is 214 cm³/mol. The fourth-order valence-corrected chi connectivity index (χ4v) is 10.8. The topological polar surface area (TPSA) is 179 Å². The molecule has 17 heteroatoms. The van der Waals surface area contributed by atoms with Crippen LogP contribution in [-0.2, 0) is 75.7 Å². The van der Waals surface area contributed by atoms with E-state index in [2.05, 4.69) is 0 Å². The van der Waals surface area contributed by atoms with Crippen LogP contribution in [-0.4, -0.2) is 116 Å². The van der Waals surface area contributed by atoms with Crippen molar-refractivity contribution in [2.45, 2.75) is 205 Å². The summed E-state index contributed by atoms with van der Waals surface area (Å²) in [5, 5.41) is 0. The first-order valence-corrected chi connectivity index (χ1v) is 22.3. The first-order chi connectivity index (χ1) is 28.7. The van der Waals surface area contributed by atoms with Gasteiger partial charge in [0.25, 0.3) is 0 Å². The average molecular weight is 860 g/mol. The molecule has 340 valence electrons. The van der Waals surface area contributed by atoms with E-state index >= 15 is 0 Å². The van der Waals surface area contributed by atoms with Crippen molar-refractivity contribution in [3.8, 4) is 0 Å². The quantitative estimate of drug-likeness (QED) is 0.151. The molecule has 0 unspecified atom stereocenters. The van der Waals surface area contributed by atoms with Gasteiger partial charge in [-0.25, -0.2) is 9.59 Å². The zero-order valence-electron chi connectivity index (χ0n) is 37.2. The van der Waals surface area contributed by atoms with Crippen molar-refractivity contribution in [2.75, 3.05) is 0 Å². The predicted octanol–water partition coefficient (Wildman–Crippen LogP) is 5.29. The lowest BCUT2D eigenvalue weighted by Gasteiger charge is -2.53. The normalized spacial score (nSPS) is 49.0. The van der Waals surface area contributed by atoms with E-state index in [-0.39, 0.29) is 0 Å². The summed E-state index contributed by atoms with van der Waals surface area (Å²) in [5.41, 5.74) is -1.69. The van der Waals surface area contributed by atoms with E-state index in [0.717, 1.165) is 0 Å². The van der Waals surface area contributed by atoms with E-state index in [1.165, 1.54) is 13.8 Å². The second-order valence-corrected chi connectivity index (χ2v) is 19.8. The third-order valence-corrected chi connectivity index (χ3v) is 14.8. The number of rotatable bonds is 2. The molecule has 8 heterocycles. The molecule has 0 radical (unpaired) electrons. The highest BCUT2D eigenvalue weighted by molar-refractivity contribution is 6.56. The summed E-state index contributed by atoms with van der Waals surface area (Å²) in [6.45, 7) is 14.5. The molecule has 0 N–H and O–H groups in total. The van der Waals surface area contributed by atoms with Crippen LogP contribution in [0, 0.1) is 22.7 Å². The third-order valence-electron chi connectivity index (χ3n) is 14.8. The third kappa shape index (κ3) is 8.01. The van der Waals surface area contributed by atoms with Crippen molar-refractivity contribution in [2.24, 2.45) is 22.7 Å². The molecule has 11 bridgehead atoms. The van der Waals surface area contributed by atoms with Gasteiger partial charge in [0, 0.05) is 62.2 Å². The zero-order chi connectivity index (χ0) is 43.9. The molecule has 8 aliphatic rings. The first-order valence-electron chi connectivity index (χ1n) is 22.3. The van der Waals surface area contributed by atoms with Crippen molar-refractivity contribution in [3.05, 3.63) is 24.3 Å². The van der Waals surface area contributed by atoms with Crippen LogP contribution >= 0.6 is 0 Å². The minimum atomic E-state index is -3.50. The van der Waals surface area contributed by atoms with Gasteiger partial charge in [0.2, 0.25) is 0 Å². The molecule has 0 aromatic heterocycles. The molecule has 0 saturated carbocycles. The van der Waals surface area contributed by atoms with E-state index in [1.54, 1.807) is 0 Å². The lowest BCUT2D eigenvalue weighted by molar-refractivity contribution is -0.311. The maximum atomic E-state index is 14.8. The number of hydrogen-bond donors (Lipinski definition) is 0. The molecule has 0 aromatic carbocycles. The Morgan fingerprint density at radius 3 is 1.41 bits per heavy atom. The van der Waals surface area contributed by atoms with Gasteiger partial charge in [-0.15, -0.1) is 0 Å². The molecule has 8 rings (SSSR count). The summed E-state index contributed by atoms with van der Waals surface area (Å²) in [6.07, 6.45) is 2.18. The maximum absolute atomic E-state index is 14.8. The van der Waals surface area contributed by atoms with Crippen LogP contribution in [0.15, 0.2) is 24.3 Å². The molecule has 0 amide bonds. The Morgan fingerprint density at radius 1 is 0.639 bits per heavy atom. The molecule has 6 fully saturated rings. The highest BCUT2D eigenvalue weighted by Crippen LogP contribution is 2.57. The number of carbonyl (C=O) groups is 4. The van der Waals surface area contributed by atoms with Gasteiger partial charge in [-0.05, 0) is 39.5 Å². The Kier molecular flexibility index (Phi) is 11.9. The highest BCUT2D eigenvalue weighted by Gasteiger charge is 2.73. The lowest BCUT2D eigenvalue weighted by atomic mass is 9.73. The molecule has 0 aliphatic carbocycles. The smallest absolute Gasteiger partial charge is 0.504 e. The second kappa shape index (κ2) is 16.3. The SMILES string of the molecule is CC(=O)O[C@H]1C/C=C\[C@@H]2C[C@H](OC(=O)[C@H]3O[B-]45O[C@H](C(=O)O[C@H]6C[C@@H](/C=C\C[C@H](OC(C)=O)C(C)(C)[C@@H]7CC[C@@H](C)[C@]3(O7)O4)O[C@@H]6C)[C@@]3(O[C@@H](CC[C@H]3C)C1(C)C)O5)[C@@H](C)O2. The number of carbonyl (C=O) groups excluding carboxylic acids is 4. The van der Waals surface area contributed by atoms with Crippen LogP contribution in [0.5, 0.6) is 0 Å². The fraction of sp³-hybridized carbons (Fsp3) is 0.818.